The Hall–Kier alpha value is -1.84. The van der Waals surface area contributed by atoms with E-state index in [0.717, 1.165) is 10.9 Å². The summed E-state index contributed by atoms with van der Waals surface area (Å²) in [5, 5.41) is 0.889. The highest BCUT2D eigenvalue weighted by molar-refractivity contribution is 5.77. The fourth-order valence-corrected chi connectivity index (χ4v) is 1.14. The zero-order valence-electron chi connectivity index (χ0n) is 7.07. The summed E-state index contributed by atoms with van der Waals surface area (Å²) in [7, 11) is 1.54. The number of nitrogens with one attached hydrogen (secondary N) is 1. The van der Waals surface area contributed by atoms with Crippen molar-refractivity contribution in [1.82, 2.24) is 9.97 Å². The van der Waals surface area contributed by atoms with Crippen LogP contribution in [0.15, 0.2) is 29.2 Å². The third kappa shape index (κ3) is 1.38. The van der Waals surface area contributed by atoms with Gasteiger partial charge in [0.05, 0.1) is 12.6 Å². The number of H-pyrrole nitrogens is 1. The second-order valence-corrected chi connectivity index (χ2v) is 2.64. The molecular formula is C9H8N2O2. The Kier molecular flexibility index (Phi) is 1.73. The molecule has 0 saturated carbocycles. The molecule has 0 aliphatic carbocycles. The molecule has 2 aromatic heterocycles. The van der Waals surface area contributed by atoms with Crippen molar-refractivity contribution in [2.45, 2.75) is 0 Å². The van der Waals surface area contributed by atoms with Crippen LogP contribution in [0.25, 0.3) is 10.9 Å². The lowest BCUT2D eigenvalue weighted by atomic mass is 10.3. The normalized spacial score (nSPS) is 10.2. The first kappa shape index (κ1) is 7.79. The zero-order chi connectivity index (χ0) is 9.26. The van der Waals surface area contributed by atoms with Gasteiger partial charge in [0.1, 0.15) is 0 Å². The summed E-state index contributed by atoms with van der Waals surface area (Å²) in [5.74, 6) is 0.495. The highest BCUT2D eigenvalue weighted by Crippen LogP contribution is 2.13. The summed E-state index contributed by atoms with van der Waals surface area (Å²) >= 11 is 0. The molecule has 1 N–H and O–H groups in total. The minimum atomic E-state index is -0.124. The van der Waals surface area contributed by atoms with Crippen molar-refractivity contribution in [2.75, 3.05) is 7.11 Å². The molecule has 2 aromatic rings. The number of rotatable bonds is 1. The van der Waals surface area contributed by atoms with Crippen LogP contribution in [0.2, 0.25) is 0 Å². The number of aromatic amines is 1. The van der Waals surface area contributed by atoms with Gasteiger partial charge in [0.15, 0.2) is 0 Å². The molecule has 0 fully saturated rings. The molecule has 2 rings (SSSR count). The van der Waals surface area contributed by atoms with E-state index in [9.17, 15) is 4.79 Å². The van der Waals surface area contributed by atoms with Gasteiger partial charge in [-0.15, -0.1) is 0 Å². The van der Waals surface area contributed by atoms with Gasteiger partial charge < -0.3 is 9.72 Å². The molecule has 0 saturated heterocycles. The van der Waals surface area contributed by atoms with Crippen molar-refractivity contribution < 1.29 is 4.74 Å². The number of pyridine rings is 2. The third-order valence-corrected chi connectivity index (χ3v) is 1.79. The van der Waals surface area contributed by atoms with Gasteiger partial charge in [0.25, 0.3) is 0 Å². The number of hydrogen-bond donors (Lipinski definition) is 1. The zero-order valence-corrected chi connectivity index (χ0v) is 7.07. The summed E-state index contributed by atoms with van der Waals surface area (Å²) in [6.07, 6.45) is 1.66. The topological polar surface area (TPSA) is 55.0 Å². The molecule has 0 aliphatic heterocycles. The maximum absolute atomic E-state index is 11.0. The van der Waals surface area contributed by atoms with E-state index in [2.05, 4.69) is 9.97 Å². The summed E-state index contributed by atoms with van der Waals surface area (Å²) < 4.78 is 4.93. The molecule has 0 bridgehead atoms. The number of ether oxygens (including phenoxy) is 1. The van der Waals surface area contributed by atoms with Crippen molar-refractivity contribution in [2.24, 2.45) is 0 Å². The average molecular weight is 176 g/mol. The Balaban J connectivity index is 2.75. The molecule has 0 amide bonds. The van der Waals surface area contributed by atoms with E-state index in [1.807, 2.05) is 0 Å². The van der Waals surface area contributed by atoms with Gasteiger partial charge in [-0.2, -0.15) is 0 Å². The average Bonchev–Trinajstić information content (AvgIpc) is 2.16. The van der Waals surface area contributed by atoms with Crippen LogP contribution >= 0.6 is 0 Å². The fourth-order valence-electron chi connectivity index (χ4n) is 1.14. The maximum atomic E-state index is 11.0. The maximum Gasteiger partial charge on any atom is 0.248 e. The lowest BCUT2D eigenvalue weighted by Crippen LogP contribution is -2.02. The van der Waals surface area contributed by atoms with Gasteiger partial charge in [-0.1, -0.05) is 0 Å². The van der Waals surface area contributed by atoms with E-state index in [4.69, 9.17) is 4.74 Å². The van der Waals surface area contributed by atoms with Crippen molar-refractivity contribution in [1.29, 1.82) is 0 Å². The first-order valence-corrected chi connectivity index (χ1v) is 3.83. The molecular weight excluding hydrogens is 168 g/mol. The molecule has 0 atom stereocenters. The van der Waals surface area contributed by atoms with Crippen LogP contribution in [0.1, 0.15) is 0 Å². The molecule has 0 aromatic carbocycles. The molecule has 0 radical (unpaired) electrons. The smallest absolute Gasteiger partial charge is 0.248 e. The molecule has 2 heterocycles. The lowest BCUT2D eigenvalue weighted by Gasteiger charge is -1.99. The van der Waals surface area contributed by atoms with E-state index in [0.29, 0.717) is 5.88 Å². The third-order valence-electron chi connectivity index (χ3n) is 1.79. The highest BCUT2D eigenvalue weighted by atomic mass is 16.5. The summed E-state index contributed by atoms with van der Waals surface area (Å²) in [5.41, 5.74) is 0.611. The lowest BCUT2D eigenvalue weighted by molar-refractivity contribution is 0.398. The fraction of sp³-hybridized carbons (Fsp3) is 0.111. The molecule has 0 aliphatic rings. The molecule has 4 nitrogen and oxygen atoms in total. The SMILES string of the molecule is COc1cc2[nH]c(=O)ccc2cn1. The van der Waals surface area contributed by atoms with Crippen molar-refractivity contribution in [3.63, 3.8) is 0 Å². The van der Waals surface area contributed by atoms with E-state index in [-0.39, 0.29) is 5.56 Å². The monoisotopic (exact) mass is 176 g/mol. The number of fused-ring (bicyclic) bond motifs is 1. The quantitative estimate of drug-likeness (QED) is 0.703. The van der Waals surface area contributed by atoms with E-state index < -0.39 is 0 Å². The van der Waals surface area contributed by atoms with Crippen LogP contribution in [0.5, 0.6) is 5.88 Å². The van der Waals surface area contributed by atoms with E-state index >= 15 is 0 Å². The number of aromatic nitrogens is 2. The standard InChI is InChI=1S/C9H8N2O2/c1-13-9-4-7-6(5-10-9)2-3-8(12)11-7/h2-5H,1H3,(H,11,12). The van der Waals surface area contributed by atoms with Crippen LogP contribution in [0.4, 0.5) is 0 Å². The Morgan fingerprint density at radius 3 is 3.08 bits per heavy atom. The Morgan fingerprint density at radius 2 is 2.31 bits per heavy atom. The second kappa shape index (κ2) is 2.90. The van der Waals surface area contributed by atoms with Crippen LogP contribution in [0.3, 0.4) is 0 Å². The molecule has 13 heavy (non-hydrogen) atoms. The van der Waals surface area contributed by atoms with Gasteiger partial charge in [-0.25, -0.2) is 4.98 Å². The number of methoxy groups -OCH3 is 1. The predicted octanol–water partition coefficient (Wildman–Crippen LogP) is 0.932. The van der Waals surface area contributed by atoms with E-state index in [1.165, 1.54) is 13.2 Å². The van der Waals surface area contributed by atoms with Crippen LogP contribution in [-0.4, -0.2) is 17.1 Å². The summed E-state index contributed by atoms with van der Waals surface area (Å²) in [4.78, 5) is 17.7. The number of nitrogens with zero attached hydrogens (tertiary/aromatic N) is 1. The van der Waals surface area contributed by atoms with Gasteiger partial charge in [-0.3, -0.25) is 4.79 Å². The molecule has 0 spiro atoms. The predicted molar refractivity (Wildman–Crippen MR) is 48.9 cm³/mol. The van der Waals surface area contributed by atoms with Crippen LogP contribution in [0, 0.1) is 0 Å². The first-order valence-electron chi connectivity index (χ1n) is 3.83. The largest absolute Gasteiger partial charge is 0.481 e. The molecule has 4 heteroatoms. The molecule has 0 unspecified atom stereocenters. The van der Waals surface area contributed by atoms with Crippen molar-refractivity contribution in [3.05, 3.63) is 34.7 Å². The molecule has 66 valence electrons. The highest BCUT2D eigenvalue weighted by Gasteiger charge is 1.97. The minimum Gasteiger partial charge on any atom is -0.481 e. The summed E-state index contributed by atoms with van der Waals surface area (Å²) in [6.45, 7) is 0. The van der Waals surface area contributed by atoms with Gasteiger partial charge >= 0.3 is 0 Å². The first-order chi connectivity index (χ1) is 6.29. The van der Waals surface area contributed by atoms with Gasteiger partial charge in [-0.05, 0) is 6.07 Å². The van der Waals surface area contributed by atoms with E-state index in [1.54, 1.807) is 18.3 Å². The van der Waals surface area contributed by atoms with Crippen LogP contribution in [-0.2, 0) is 0 Å². The minimum absolute atomic E-state index is 0.124. The Morgan fingerprint density at radius 1 is 1.46 bits per heavy atom. The van der Waals surface area contributed by atoms with Gasteiger partial charge in [0, 0.05) is 23.7 Å². The van der Waals surface area contributed by atoms with Gasteiger partial charge in [0.2, 0.25) is 11.4 Å². The second-order valence-electron chi connectivity index (χ2n) is 2.64. The van der Waals surface area contributed by atoms with Crippen molar-refractivity contribution in [3.8, 4) is 5.88 Å². The number of hydrogen-bond acceptors (Lipinski definition) is 3. The Labute approximate surface area is 74.2 Å². The summed E-state index contributed by atoms with van der Waals surface area (Å²) in [6, 6.07) is 4.88. The Bertz CT molecular complexity index is 490. The van der Waals surface area contributed by atoms with Crippen molar-refractivity contribution >= 4 is 10.9 Å². The van der Waals surface area contributed by atoms with Crippen LogP contribution < -0.4 is 10.3 Å².